The Labute approximate surface area is 180 Å². The molecule has 0 unspecified atom stereocenters. The van der Waals surface area contributed by atoms with E-state index >= 15 is 0 Å². The maximum atomic E-state index is 12.3. The molecule has 1 aliphatic rings. The molecule has 2 aromatic rings. The number of aliphatic hydroxyl groups excluding tert-OH is 1. The minimum absolute atomic E-state index is 0.0481. The van der Waals surface area contributed by atoms with Gasteiger partial charge >= 0.3 is 0 Å². The van der Waals surface area contributed by atoms with Gasteiger partial charge in [0.15, 0.2) is 5.13 Å². The van der Waals surface area contributed by atoms with Crippen molar-refractivity contribution >= 4 is 38.1 Å². The van der Waals surface area contributed by atoms with E-state index in [2.05, 4.69) is 11.1 Å². The van der Waals surface area contributed by atoms with E-state index in [9.17, 15) is 18.3 Å². The Bertz CT molecular complexity index is 1060. The van der Waals surface area contributed by atoms with Crippen LogP contribution in [-0.2, 0) is 10.0 Å². The number of carbonyl (C=O) groups excluding carboxylic acids is 1. The number of nitriles is 1. The lowest BCUT2D eigenvalue weighted by atomic mass is 9.86. The van der Waals surface area contributed by atoms with Crippen LogP contribution in [0, 0.1) is 24.2 Å². The van der Waals surface area contributed by atoms with E-state index in [0.29, 0.717) is 22.1 Å². The molecule has 160 valence electrons. The van der Waals surface area contributed by atoms with Gasteiger partial charge in [-0.05, 0) is 44.0 Å². The fourth-order valence-corrected chi connectivity index (χ4v) is 4.94. The summed E-state index contributed by atoms with van der Waals surface area (Å²) in [6.45, 7) is 2.22. The fourth-order valence-electron chi connectivity index (χ4n) is 3.57. The third-order valence-electron chi connectivity index (χ3n) is 5.10. The maximum absolute atomic E-state index is 12.3. The summed E-state index contributed by atoms with van der Waals surface area (Å²) >= 11 is 1.28. The number of aliphatic hydroxyl groups is 1. The number of hydrogen-bond acceptors (Lipinski definition) is 8. The van der Waals surface area contributed by atoms with E-state index in [1.807, 2.05) is 9.62 Å². The zero-order valence-electron chi connectivity index (χ0n) is 16.8. The molecule has 2 N–H and O–H groups in total. The van der Waals surface area contributed by atoms with Gasteiger partial charge < -0.3 is 10.0 Å². The van der Waals surface area contributed by atoms with Crippen molar-refractivity contribution in [2.45, 2.75) is 38.7 Å². The number of aromatic nitrogens is 1. The lowest BCUT2D eigenvalue weighted by molar-refractivity contribution is 0.0742. The van der Waals surface area contributed by atoms with E-state index in [0.717, 1.165) is 37.6 Å². The Morgan fingerprint density at radius 1 is 1.33 bits per heavy atom. The van der Waals surface area contributed by atoms with Crippen LogP contribution in [0.15, 0.2) is 24.3 Å². The molecule has 0 saturated heterocycles. The summed E-state index contributed by atoms with van der Waals surface area (Å²) in [7, 11) is -3.70. The van der Waals surface area contributed by atoms with Gasteiger partial charge in [0.05, 0.1) is 24.0 Å². The number of sulfonamides is 1. The Kier molecular flexibility index (Phi) is 6.75. The zero-order chi connectivity index (χ0) is 21.9. The molecule has 8 nitrogen and oxygen atoms in total. The normalized spacial score (nSPS) is 19.1. The second-order valence-corrected chi connectivity index (χ2v) is 10.4. The molecule has 0 aliphatic heterocycles. The number of thiazole rings is 1. The first kappa shape index (κ1) is 22.2. The highest BCUT2D eigenvalue weighted by molar-refractivity contribution is 7.89. The summed E-state index contributed by atoms with van der Waals surface area (Å²) in [5, 5.41) is 20.1. The van der Waals surface area contributed by atoms with Crippen molar-refractivity contribution in [2.24, 2.45) is 5.92 Å². The first-order valence-electron chi connectivity index (χ1n) is 9.63. The molecular formula is C20H24N4O4S2. The topological polar surface area (TPSA) is 123 Å². The second-order valence-electron chi connectivity index (χ2n) is 7.49. The van der Waals surface area contributed by atoms with Gasteiger partial charge in [-0.1, -0.05) is 12.8 Å². The summed E-state index contributed by atoms with van der Waals surface area (Å²) < 4.78 is 24.8. The van der Waals surface area contributed by atoms with E-state index in [-0.39, 0.29) is 11.6 Å². The lowest BCUT2D eigenvalue weighted by Gasteiger charge is -2.33. The first-order chi connectivity index (χ1) is 14.2. The number of benzene rings is 1. The molecule has 0 spiro atoms. The standard InChI is InChI=1S/C20H24N4O4S2/c1-13-18(19(26)23-30(2,27)28)22-20(29-13)24(12-15-5-3-4-6-17(15)25)16-9-7-14(11-21)8-10-16/h7-10,15,17,25H,3-6,12H2,1-2H3,(H,23,26)/t15-,17+/m0/s1. The summed E-state index contributed by atoms with van der Waals surface area (Å²) in [5.41, 5.74) is 1.37. The molecule has 1 aliphatic carbocycles. The number of nitrogens with zero attached hydrogens (tertiary/aromatic N) is 3. The average molecular weight is 449 g/mol. The highest BCUT2D eigenvalue weighted by atomic mass is 32.2. The van der Waals surface area contributed by atoms with Gasteiger partial charge in [-0.3, -0.25) is 4.79 Å². The van der Waals surface area contributed by atoms with Gasteiger partial charge in [0, 0.05) is 23.0 Å². The van der Waals surface area contributed by atoms with Crippen molar-refractivity contribution in [1.29, 1.82) is 5.26 Å². The zero-order valence-corrected chi connectivity index (χ0v) is 18.5. The number of amides is 1. The molecule has 2 atom stereocenters. The van der Waals surface area contributed by atoms with Gasteiger partial charge in [0.1, 0.15) is 5.69 Å². The highest BCUT2D eigenvalue weighted by Crippen LogP contribution is 2.35. The molecule has 1 fully saturated rings. The van der Waals surface area contributed by atoms with Crippen LogP contribution in [0.4, 0.5) is 10.8 Å². The van der Waals surface area contributed by atoms with E-state index < -0.39 is 22.0 Å². The molecule has 10 heteroatoms. The van der Waals surface area contributed by atoms with E-state index in [1.165, 1.54) is 11.3 Å². The van der Waals surface area contributed by atoms with Gasteiger partial charge in [0.25, 0.3) is 5.91 Å². The van der Waals surface area contributed by atoms with Crippen LogP contribution in [-0.4, -0.2) is 43.3 Å². The molecule has 0 radical (unpaired) electrons. The highest BCUT2D eigenvalue weighted by Gasteiger charge is 2.28. The predicted molar refractivity (Wildman–Crippen MR) is 115 cm³/mol. The van der Waals surface area contributed by atoms with Gasteiger partial charge in [0.2, 0.25) is 10.0 Å². The summed E-state index contributed by atoms with van der Waals surface area (Å²) in [6, 6.07) is 9.11. The molecule has 1 aromatic heterocycles. The Balaban J connectivity index is 1.96. The van der Waals surface area contributed by atoms with E-state index in [4.69, 9.17) is 5.26 Å². The van der Waals surface area contributed by atoms with Crippen molar-refractivity contribution in [3.63, 3.8) is 0 Å². The largest absolute Gasteiger partial charge is 0.393 e. The average Bonchev–Trinajstić information content (AvgIpc) is 3.08. The number of anilines is 2. The van der Waals surface area contributed by atoms with Crippen molar-refractivity contribution in [2.75, 3.05) is 17.7 Å². The van der Waals surface area contributed by atoms with Crippen molar-refractivity contribution in [1.82, 2.24) is 9.71 Å². The molecule has 1 amide bonds. The van der Waals surface area contributed by atoms with Crippen LogP contribution < -0.4 is 9.62 Å². The number of nitrogens with one attached hydrogen (secondary N) is 1. The molecule has 1 heterocycles. The summed E-state index contributed by atoms with van der Waals surface area (Å²) in [5.74, 6) is -0.720. The minimum Gasteiger partial charge on any atom is -0.393 e. The van der Waals surface area contributed by atoms with Crippen molar-refractivity contribution < 1.29 is 18.3 Å². The number of carbonyl (C=O) groups is 1. The molecule has 0 bridgehead atoms. The van der Waals surface area contributed by atoms with Crippen molar-refractivity contribution in [3.05, 3.63) is 40.4 Å². The molecule has 1 saturated carbocycles. The predicted octanol–water partition coefficient (Wildman–Crippen LogP) is 2.70. The number of rotatable bonds is 6. The Morgan fingerprint density at radius 2 is 2.00 bits per heavy atom. The Morgan fingerprint density at radius 3 is 2.60 bits per heavy atom. The summed E-state index contributed by atoms with van der Waals surface area (Å²) in [6.07, 6.45) is 4.20. The quantitative estimate of drug-likeness (QED) is 0.696. The van der Waals surface area contributed by atoms with Crippen molar-refractivity contribution in [3.8, 4) is 6.07 Å². The third kappa shape index (κ3) is 5.36. The minimum atomic E-state index is -3.70. The van der Waals surface area contributed by atoms with Crippen LogP contribution in [0.2, 0.25) is 0 Å². The second kappa shape index (κ2) is 9.12. The van der Waals surface area contributed by atoms with E-state index in [1.54, 1.807) is 31.2 Å². The summed E-state index contributed by atoms with van der Waals surface area (Å²) in [4.78, 5) is 19.3. The van der Waals surface area contributed by atoms with Gasteiger partial charge in [-0.15, -0.1) is 11.3 Å². The van der Waals surface area contributed by atoms with Crippen LogP contribution in [0.5, 0.6) is 0 Å². The molecule has 1 aromatic carbocycles. The lowest BCUT2D eigenvalue weighted by Crippen LogP contribution is -2.35. The molecule has 3 rings (SSSR count). The van der Waals surface area contributed by atoms with Crippen LogP contribution in [0.25, 0.3) is 0 Å². The molecular weight excluding hydrogens is 424 g/mol. The Hall–Kier alpha value is -2.48. The van der Waals surface area contributed by atoms with Gasteiger partial charge in [-0.25, -0.2) is 18.1 Å². The molecule has 30 heavy (non-hydrogen) atoms. The number of hydrogen-bond donors (Lipinski definition) is 2. The first-order valence-corrected chi connectivity index (χ1v) is 12.3. The van der Waals surface area contributed by atoms with Crippen LogP contribution in [0.1, 0.15) is 46.6 Å². The van der Waals surface area contributed by atoms with Crippen LogP contribution >= 0.6 is 11.3 Å². The maximum Gasteiger partial charge on any atom is 0.284 e. The monoisotopic (exact) mass is 448 g/mol. The third-order valence-corrected chi connectivity index (χ3v) is 6.65. The number of aryl methyl sites for hydroxylation is 1. The SMILES string of the molecule is Cc1sc(N(C[C@@H]2CCCC[C@H]2O)c2ccc(C#N)cc2)nc1C(=O)NS(C)(=O)=O. The smallest absolute Gasteiger partial charge is 0.284 e. The van der Waals surface area contributed by atoms with Gasteiger partial charge in [-0.2, -0.15) is 5.26 Å². The van der Waals surface area contributed by atoms with Crippen LogP contribution in [0.3, 0.4) is 0 Å². The fraction of sp³-hybridized carbons (Fsp3) is 0.450.